The second-order valence-corrected chi connectivity index (χ2v) is 7.23. The third-order valence-electron chi connectivity index (χ3n) is 5.15. The van der Waals surface area contributed by atoms with E-state index in [0.717, 1.165) is 22.5 Å². The van der Waals surface area contributed by atoms with Crippen LogP contribution in [0.4, 0.5) is 4.39 Å². The number of alkyl halides is 1. The van der Waals surface area contributed by atoms with Gasteiger partial charge in [-0.25, -0.2) is 19.0 Å². The van der Waals surface area contributed by atoms with E-state index in [4.69, 9.17) is 31.2 Å². The van der Waals surface area contributed by atoms with Gasteiger partial charge in [-0.3, -0.25) is 0 Å². The number of methoxy groups -OCH3 is 2. The van der Waals surface area contributed by atoms with Gasteiger partial charge in [0.05, 0.1) is 44.2 Å². The van der Waals surface area contributed by atoms with Gasteiger partial charge in [-0.05, 0) is 36.4 Å². The van der Waals surface area contributed by atoms with Crippen molar-refractivity contribution in [2.75, 3.05) is 14.2 Å². The zero-order valence-corrected chi connectivity index (χ0v) is 17.0. The summed E-state index contributed by atoms with van der Waals surface area (Å²) in [4.78, 5) is 9.00. The highest BCUT2D eigenvalue weighted by atomic mass is 35.5. The Labute approximate surface area is 176 Å². The summed E-state index contributed by atoms with van der Waals surface area (Å²) in [6, 6.07) is 11.0. The molecule has 1 aliphatic heterocycles. The van der Waals surface area contributed by atoms with Crippen molar-refractivity contribution in [2.24, 2.45) is 0 Å². The van der Waals surface area contributed by atoms with E-state index in [0.29, 0.717) is 40.4 Å². The zero-order chi connectivity index (χ0) is 20.8. The fraction of sp³-hybridized carbons (Fsp3) is 0.190. The van der Waals surface area contributed by atoms with Crippen molar-refractivity contribution in [3.63, 3.8) is 0 Å². The molecule has 30 heavy (non-hydrogen) atoms. The summed E-state index contributed by atoms with van der Waals surface area (Å²) >= 11 is 6.28. The first-order valence-corrected chi connectivity index (χ1v) is 9.59. The number of nitrogens with zero attached hydrogens (tertiary/aromatic N) is 5. The van der Waals surface area contributed by atoms with Gasteiger partial charge in [-0.1, -0.05) is 11.6 Å². The molecule has 0 N–H and O–H groups in total. The maximum atomic E-state index is 13.6. The van der Waals surface area contributed by atoms with Gasteiger partial charge in [0.2, 0.25) is 0 Å². The first-order chi connectivity index (χ1) is 14.6. The third-order valence-corrected chi connectivity index (χ3v) is 5.39. The Balaban J connectivity index is 1.71. The molecule has 0 bridgehead atoms. The summed E-state index contributed by atoms with van der Waals surface area (Å²) in [5.41, 5.74) is 3.50. The van der Waals surface area contributed by atoms with Crippen molar-refractivity contribution in [2.45, 2.75) is 13.2 Å². The van der Waals surface area contributed by atoms with Crippen molar-refractivity contribution in [1.29, 1.82) is 0 Å². The van der Waals surface area contributed by atoms with Gasteiger partial charge < -0.3 is 14.0 Å². The molecule has 4 aromatic rings. The second kappa shape index (κ2) is 7.14. The Morgan fingerprint density at radius 2 is 1.93 bits per heavy atom. The predicted molar refractivity (Wildman–Crippen MR) is 110 cm³/mol. The number of hydrogen-bond acceptors (Lipinski definition) is 5. The maximum Gasteiger partial charge on any atom is 0.181 e. The normalized spacial score (nSPS) is 12.0. The molecule has 5 rings (SSSR count). The number of imidazole rings is 1. The van der Waals surface area contributed by atoms with Crippen LogP contribution in [0.15, 0.2) is 42.7 Å². The molecule has 0 atom stereocenters. The lowest BCUT2D eigenvalue weighted by molar-refractivity contribution is 0.355. The van der Waals surface area contributed by atoms with E-state index in [1.54, 1.807) is 31.3 Å². The molecule has 9 heteroatoms. The summed E-state index contributed by atoms with van der Waals surface area (Å²) in [6.07, 6.45) is 1.62. The van der Waals surface area contributed by atoms with Crippen molar-refractivity contribution in [1.82, 2.24) is 24.3 Å². The van der Waals surface area contributed by atoms with Crippen LogP contribution in [0.2, 0.25) is 5.02 Å². The summed E-state index contributed by atoms with van der Waals surface area (Å²) in [5, 5.41) is 5.27. The number of benzene rings is 2. The van der Waals surface area contributed by atoms with Gasteiger partial charge in [0, 0.05) is 16.1 Å². The van der Waals surface area contributed by atoms with E-state index in [9.17, 15) is 4.39 Å². The number of hydrogen-bond donors (Lipinski definition) is 0. The van der Waals surface area contributed by atoms with Crippen LogP contribution < -0.4 is 9.47 Å². The van der Waals surface area contributed by atoms with Crippen molar-refractivity contribution in [3.05, 3.63) is 59.1 Å². The molecule has 3 heterocycles. The lowest BCUT2D eigenvalue weighted by atomic mass is 10.1. The monoisotopic (exact) mass is 425 g/mol. The molecule has 0 spiro atoms. The Morgan fingerprint density at radius 3 is 2.70 bits per heavy atom. The molecule has 0 saturated heterocycles. The van der Waals surface area contributed by atoms with Gasteiger partial charge in [-0.2, -0.15) is 5.10 Å². The topological polar surface area (TPSA) is 67.0 Å². The van der Waals surface area contributed by atoms with Crippen LogP contribution in [0, 0.1) is 0 Å². The van der Waals surface area contributed by atoms with Crippen LogP contribution in [0.3, 0.4) is 0 Å². The summed E-state index contributed by atoms with van der Waals surface area (Å²) < 4.78 is 27.9. The lowest BCUT2D eigenvalue weighted by Gasteiger charge is -2.09. The minimum atomic E-state index is -0.655. The number of aromatic nitrogens is 5. The highest BCUT2D eigenvalue weighted by Gasteiger charge is 2.25. The number of fused-ring (bicyclic) bond motifs is 5. The van der Waals surface area contributed by atoms with Crippen LogP contribution in [-0.2, 0) is 13.2 Å². The second-order valence-electron chi connectivity index (χ2n) is 6.79. The molecule has 0 fully saturated rings. The SMILES string of the molecule is COc1ccc(-c2nc3n(n2)Cc2c(CF)ncn2-c2ccc(Cl)cc2-3)cc1OC. The van der Waals surface area contributed by atoms with Gasteiger partial charge in [-0.15, -0.1) is 0 Å². The molecule has 0 aliphatic carbocycles. The number of rotatable bonds is 4. The Bertz CT molecular complexity index is 1270. The van der Waals surface area contributed by atoms with E-state index in [2.05, 4.69) is 4.98 Å². The summed E-state index contributed by atoms with van der Waals surface area (Å²) in [5.74, 6) is 2.37. The molecule has 2 aromatic heterocycles. The molecular weight excluding hydrogens is 409 g/mol. The summed E-state index contributed by atoms with van der Waals surface area (Å²) in [7, 11) is 3.16. The van der Waals surface area contributed by atoms with Crippen molar-refractivity contribution >= 4 is 11.6 Å². The molecule has 0 saturated carbocycles. The van der Waals surface area contributed by atoms with Crippen molar-refractivity contribution in [3.8, 4) is 40.0 Å². The van der Waals surface area contributed by atoms with Gasteiger partial charge >= 0.3 is 0 Å². The highest BCUT2D eigenvalue weighted by Crippen LogP contribution is 2.36. The van der Waals surface area contributed by atoms with Crippen LogP contribution in [0.5, 0.6) is 11.5 Å². The van der Waals surface area contributed by atoms with Crippen molar-refractivity contribution < 1.29 is 13.9 Å². The number of ether oxygens (including phenoxy) is 2. The van der Waals surface area contributed by atoms with Gasteiger partial charge in [0.1, 0.15) is 6.67 Å². The predicted octanol–water partition coefficient (Wildman–Crippen LogP) is 4.30. The lowest BCUT2D eigenvalue weighted by Crippen LogP contribution is -2.06. The largest absolute Gasteiger partial charge is 0.493 e. The van der Waals surface area contributed by atoms with E-state index in [-0.39, 0.29) is 0 Å². The fourth-order valence-electron chi connectivity index (χ4n) is 3.69. The Morgan fingerprint density at radius 1 is 1.10 bits per heavy atom. The highest BCUT2D eigenvalue weighted by molar-refractivity contribution is 6.31. The molecule has 152 valence electrons. The van der Waals surface area contributed by atoms with E-state index in [1.807, 2.05) is 34.9 Å². The molecule has 0 unspecified atom stereocenters. The van der Waals surface area contributed by atoms with Gasteiger partial charge in [0.15, 0.2) is 23.1 Å². The molecule has 0 radical (unpaired) electrons. The van der Waals surface area contributed by atoms with Gasteiger partial charge in [0.25, 0.3) is 0 Å². The third kappa shape index (κ3) is 2.83. The van der Waals surface area contributed by atoms with Crippen LogP contribution in [0.1, 0.15) is 11.4 Å². The summed E-state index contributed by atoms with van der Waals surface area (Å²) in [6.45, 7) is -0.320. The quantitative estimate of drug-likeness (QED) is 0.429. The van der Waals surface area contributed by atoms with E-state index >= 15 is 0 Å². The average Bonchev–Trinajstić information content (AvgIpc) is 3.35. The van der Waals surface area contributed by atoms with Crippen LogP contribution >= 0.6 is 11.6 Å². The van der Waals surface area contributed by atoms with E-state index in [1.165, 1.54) is 0 Å². The molecule has 7 nitrogen and oxygen atoms in total. The van der Waals surface area contributed by atoms with Crippen LogP contribution in [0.25, 0.3) is 28.5 Å². The molecule has 0 amide bonds. The minimum absolute atomic E-state index is 0.334. The molecule has 2 aromatic carbocycles. The van der Waals surface area contributed by atoms with E-state index < -0.39 is 6.67 Å². The Hall–Kier alpha value is -3.39. The number of halogens is 2. The maximum absolute atomic E-state index is 13.6. The Kier molecular flexibility index (Phi) is 4.43. The average molecular weight is 426 g/mol. The smallest absolute Gasteiger partial charge is 0.181 e. The fourth-order valence-corrected chi connectivity index (χ4v) is 3.86. The zero-order valence-electron chi connectivity index (χ0n) is 16.3. The first kappa shape index (κ1) is 18.6. The standard InChI is InChI=1S/C21H17ClFN5O2/c1-29-18-6-3-12(7-19(18)30-2)20-25-21-14-8-13(22)4-5-16(14)27-11-24-15(9-23)17(27)10-28(21)26-20/h3-8,11H,9-10H2,1-2H3. The first-order valence-electron chi connectivity index (χ1n) is 9.21. The van der Waals surface area contributed by atoms with Crippen LogP contribution in [-0.4, -0.2) is 38.5 Å². The molecular formula is C21H17ClFN5O2. The molecule has 1 aliphatic rings. The minimum Gasteiger partial charge on any atom is -0.493 e.